The van der Waals surface area contributed by atoms with Crippen molar-refractivity contribution < 1.29 is 13.9 Å². The van der Waals surface area contributed by atoms with Crippen LogP contribution in [0.25, 0.3) is 0 Å². The number of rotatable bonds is 4. The van der Waals surface area contributed by atoms with E-state index in [1.165, 1.54) is 19.2 Å². The number of carbonyl (C=O) groups excluding carboxylic acids is 1. The van der Waals surface area contributed by atoms with Gasteiger partial charge >= 0.3 is 0 Å². The quantitative estimate of drug-likeness (QED) is 0.798. The molecule has 1 amide bonds. The zero-order valence-electron chi connectivity index (χ0n) is 11.6. The molecule has 1 fully saturated rings. The molecular weight excluding hydrogens is 281 g/mol. The van der Waals surface area contributed by atoms with Crippen molar-refractivity contribution in [1.82, 2.24) is 4.90 Å². The van der Waals surface area contributed by atoms with Crippen LogP contribution < -0.4 is 4.74 Å². The van der Waals surface area contributed by atoms with Gasteiger partial charge in [-0.25, -0.2) is 4.39 Å². The van der Waals surface area contributed by atoms with E-state index in [0.717, 1.165) is 25.8 Å². The van der Waals surface area contributed by atoms with Gasteiger partial charge in [0.15, 0.2) is 11.6 Å². The predicted octanol–water partition coefficient (Wildman–Crippen LogP) is 3.32. The van der Waals surface area contributed by atoms with Gasteiger partial charge in [-0.3, -0.25) is 4.79 Å². The molecule has 3 nitrogen and oxygen atoms in total. The number of alkyl halides is 1. The van der Waals surface area contributed by atoms with Crippen molar-refractivity contribution in [2.24, 2.45) is 5.92 Å². The minimum Gasteiger partial charge on any atom is -0.494 e. The van der Waals surface area contributed by atoms with Gasteiger partial charge in [0.05, 0.1) is 7.11 Å². The molecule has 1 unspecified atom stereocenters. The first-order valence-electron chi connectivity index (χ1n) is 6.84. The molecule has 1 aromatic rings. The van der Waals surface area contributed by atoms with E-state index in [1.807, 2.05) is 0 Å². The summed E-state index contributed by atoms with van der Waals surface area (Å²) < 4.78 is 18.5. The number of methoxy groups -OCH3 is 1. The number of piperidine rings is 1. The number of hydrogen-bond acceptors (Lipinski definition) is 2. The predicted molar refractivity (Wildman–Crippen MR) is 76.9 cm³/mol. The highest BCUT2D eigenvalue weighted by Crippen LogP contribution is 2.23. The Morgan fingerprint density at radius 2 is 2.35 bits per heavy atom. The lowest BCUT2D eigenvalue weighted by molar-refractivity contribution is 0.0671. The molecule has 1 atom stereocenters. The van der Waals surface area contributed by atoms with Gasteiger partial charge in [-0.15, -0.1) is 11.6 Å². The van der Waals surface area contributed by atoms with Crippen molar-refractivity contribution in [1.29, 1.82) is 0 Å². The Hall–Kier alpha value is -1.29. The summed E-state index contributed by atoms with van der Waals surface area (Å²) in [5.41, 5.74) is 0.370. The minimum absolute atomic E-state index is 0.120. The number of nitrogens with zero attached hydrogens (tertiary/aromatic N) is 1. The third-order valence-electron chi connectivity index (χ3n) is 3.72. The fourth-order valence-corrected chi connectivity index (χ4v) is 2.93. The van der Waals surface area contributed by atoms with Crippen LogP contribution in [0, 0.1) is 11.7 Å². The van der Waals surface area contributed by atoms with E-state index in [1.54, 1.807) is 11.0 Å². The summed E-state index contributed by atoms with van der Waals surface area (Å²) >= 11 is 5.77. The third kappa shape index (κ3) is 3.42. The van der Waals surface area contributed by atoms with Crippen molar-refractivity contribution in [3.8, 4) is 5.75 Å². The lowest BCUT2D eigenvalue weighted by Crippen LogP contribution is -2.40. The van der Waals surface area contributed by atoms with Crippen LogP contribution in [0.2, 0.25) is 0 Å². The third-order valence-corrected chi connectivity index (χ3v) is 3.94. The van der Waals surface area contributed by atoms with Crippen LogP contribution in [0.1, 0.15) is 29.6 Å². The smallest absolute Gasteiger partial charge is 0.253 e. The number of benzene rings is 1. The van der Waals surface area contributed by atoms with Gasteiger partial charge in [-0.2, -0.15) is 0 Å². The molecular formula is C15H19ClFNO2. The molecule has 0 aliphatic carbocycles. The second-order valence-corrected chi connectivity index (χ2v) is 5.46. The number of likely N-dealkylation sites (tertiary alicyclic amines) is 1. The zero-order chi connectivity index (χ0) is 14.5. The second-order valence-electron chi connectivity index (χ2n) is 5.09. The van der Waals surface area contributed by atoms with Gasteiger partial charge < -0.3 is 9.64 Å². The molecule has 0 N–H and O–H groups in total. The van der Waals surface area contributed by atoms with E-state index in [2.05, 4.69) is 0 Å². The molecule has 110 valence electrons. The van der Waals surface area contributed by atoms with Gasteiger partial charge in [0, 0.05) is 24.5 Å². The molecule has 1 aliphatic rings. The highest BCUT2D eigenvalue weighted by molar-refractivity contribution is 6.17. The van der Waals surface area contributed by atoms with Gasteiger partial charge in [0.2, 0.25) is 0 Å². The van der Waals surface area contributed by atoms with Crippen LogP contribution in [0.3, 0.4) is 0 Å². The number of ether oxygens (including phenoxy) is 1. The molecule has 2 rings (SSSR count). The summed E-state index contributed by atoms with van der Waals surface area (Å²) in [5.74, 6) is 0.594. The number of amides is 1. The van der Waals surface area contributed by atoms with Gasteiger partial charge in [0.25, 0.3) is 5.91 Å². The standard InChI is InChI=1S/C15H19ClFNO2/c1-20-14-5-4-12(9-13(14)17)15(19)18-8-2-3-11(10-18)6-7-16/h4-5,9,11H,2-3,6-8,10H2,1H3. The van der Waals surface area contributed by atoms with Gasteiger partial charge in [0.1, 0.15) is 0 Å². The van der Waals surface area contributed by atoms with Crippen LogP contribution in [0.4, 0.5) is 4.39 Å². The monoisotopic (exact) mass is 299 g/mol. The lowest BCUT2D eigenvalue weighted by atomic mass is 9.95. The molecule has 20 heavy (non-hydrogen) atoms. The Balaban J connectivity index is 2.08. The lowest BCUT2D eigenvalue weighted by Gasteiger charge is -2.32. The van der Waals surface area contributed by atoms with E-state index in [0.29, 0.717) is 23.9 Å². The second kappa shape index (κ2) is 6.93. The maximum atomic E-state index is 13.7. The number of halogens is 2. The molecule has 0 saturated carbocycles. The maximum absolute atomic E-state index is 13.7. The molecule has 5 heteroatoms. The Labute approximate surface area is 123 Å². The molecule has 1 heterocycles. The van der Waals surface area contributed by atoms with Crippen molar-refractivity contribution in [2.75, 3.05) is 26.1 Å². The van der Waals surface area contributed by atoms with Crippen LogP contribution >= 0.6 is 11.6 Å². The van der Waals surface area contributed by atoms with Crippen molar-refractivity contribution in [3.63, 3.8) is 0 Å². The molecule has 1 aliphatic heterocycles. The molecule has 1 saturated heterocycles. The van der Waals surface area contributed by atoms with Crippen LogP contribution in [-0.4, -0.2) is 36.9 Å². The Kier molecular flexibility index (Phi) is 5.24. The van der Waals surface area contributed by atoms with Crippen LogP contribution in [-0.2, 0) is 0 Å². The molecule has 0 radical (unpaired) electrons. The fraction of sp³-hybridized carbons (Fsp3) is 0.533. The van der Waals surface area contributed by atoms with E-state index in [9.17, 15) is 9.18 Å². The first-order chi connectivity index (χ1) is 9.65. The summed E-state index contributed by atoms with van der Waals surface area (Å²) in [7, 11) is 1.40. The topological polar surface area (TPSA) is 29.5 Å². The Bertz CT molecular complexity index is 479. The van der Waals surface area contributed by atoms with Gasteiger partial charge in [-0.05, 0) is 43.4 Å². The number of carbonyl (C=O) groups is 1. The van der Waals surface area contributed by atoms with Crippen molar-refractivity contribution in [2.45, 2.75) is 19.3 Å². The van der Waals surface area contributed by atoms with Crippen LogP contribution in [0.15, 0.2) is 18.2 Å². The first-order valence-corrected chi connectivity index (χ1v) is 7.38. The molecule has 0 bridgehead atoms. The number of hydrogen-bond donors (Lipinski definition) is 0. The van der Waals surface area contributed by atoms with E-state index in [-0.39, 0.29) is 11.7 Å². The molecule has 1 aromatic carbocycles. The summed E-state index contributed by atoms with van der Waals surface area (Å²) in [6.45, 7) is 1.43. The van der Waals surface area contributed by atoms with E-state index >= 15 is 0 Å². The maximum Gasteiger partial charge on any atom is 0.253 e. The zero-order valence-corrected chi connectivity index (χ0v) is 12.3. The summed E-state index contributed by atoms with van der Waals surface area (Å²) in [6, 6.07) is 4.34. The minimum atomic E-state index is -0.507. The van der Waals surface area contributed by atoms with Crippen molar-refractivity contribution in [3.05, 3.63) is 29.6 Å². The largest absolute Gasteiger partial charge is 0.494 e. The Morgan fingerprint density at radius 3 is 3.00 bits per heavy atom. The van der Waals surface area contributed by atoms with Crippen LogP contribution in [0.5, 0.6) is 5.75 Å². The fourth-order valence-electron chi connectivity index (χ4n) is 2.62. The summed E-state index contributed by atoms with van der Waals surface area (Å²) in [4.78, 5) is 14.2. The first kappa shape index (κ1) is 15.1. The highest BCUT2D eigenvalue weighted by Gasteiger charge is 2.24. The average molecular weight is 300 g/mol. The highest BCUT2D eigenvalue weighted by atomic mass is 35.5. The SMILES string of the molecule is COc1ccc(C(=O)N2CCCC(CCCl)C2)cc1F. The average Bonchev–Trinajstić information content (AvgIpc) is 2.47. The molecule has 0 aromatic heterocycles. The van der Waals surface area contributed by atoms with Crippen molar-refractivity contribution >= 4 is 17.5 Å². The summed E-state index contributed by atoms with van der Waals surface area (Å²) in [5, 5.41) is 0. The van der Waals surface area contributed by atoms with Gasteiger partial charge in [-0.1, -0.05) is 0 Å². The normalized spacial score (nSPS) is 18.9. The molecule has 0 spiro atoms. The summed E-state index contributed by atoms with van der Waals surface area (Å²) in [6.07, 6.45) is 3.00. The Morgan fingerprint density at radius 1 is 1.55 bits per heavy atom. The van der Waals surface area contributed by atoms with E-state index < -0.39 is 5.82 Å². The van der Waals surface area contributed by atoms with E-state index in [4.69, 9.17) is 16.3 Å².